The van der Waals surface area contributed by atoms with Gasteiger partial charge in [0.15, 0.2) is 0 Å². The second-order valence-corrected chi connectivity index (χ2v) is 17.9. The molecule has 0 aliphatic carbocycles. The van der Waals surface area contributed by atoms with Gasteiger partial charge in [-0.3, -0.25) is 57.5 Å². The SMILES string of the molecule is CC(C)C[C@H](NC(=O)[C@@H](NC(=O)[C@@H]1CCCN1C(=O)[C@H](CCC(N)=O)NC(=O)[C@H](CC(=O)O)NC(=O)[C@@H](N)CS)C(C)C)C(=O)N1CCC[C@H]1C(=O)N[C@@H](CC(=O)O)C(=O)N[C@@H](CC(N)=O)C(=O)O. The maximum Gasteiger partial charge on any atom is 0.326 e. The molecule has 2 aliphatic heterocycles. The highest BCUT2D eigenvalue weighted by Gasteiger charge is 2.43. The Bertz CT molecular complexity index is 1970. The fourth-order valence-electron chi connectivity index (χ4n) is 7.63. The minimum atomic E-state index is -1.84. The van der Waals surface area contributed by atoms with Crippen molar-refractivity contribution in [2.24, 2.45) is 29.0 Å². The Kier molecular flexibility index (Phi) is 23.3. The first kappa shape index (κ1) is 58.5. The predicted octanol–water partition coefficient (Wildman–Crippen LogP) is -4.99. The summed E-state index contributed by atoms with van der Waals surface area (Å²) in [7, 11) is 0. The highest BCUT2D eigenvalue weighted by atomic mass is 32.1. The molecule has 0 bridgehead atoms. The summed E-state index contributed by atoms with van der Waals surface area (Å²) in [5.41, 5.74) is 16.0. The maximum absolute atomic E-state index is 14.2. The van der Waals surface area contributed by atoms with Crippen LogP contribution in [0.15, 0.2) is 0 Å². The number of likely N-dealkylation sites (tertiary alicyclic amines) is 2. The fourth-order valence-corrected chi connectivity index (χ4v) is 7.80. The van der Waals surface area contributed by atoms with Crippen molar-refractivity contribution in [2.75, 3.05) is 18.8 Å². The lowest BCUT2D eigenvalue weighted by Gasteiger charge is -2.33. The van der Waals surface area contributed by atoms with Gasteiger partial charge in [0.2, 0.25) is 59.1 Å². The van der Waals surface area contributed by atoms with Crippen molar-refractivity contribution in [1.82, 2.24) is 41.7 Å². The summed E-state index contributed by atoms with van der Waals surface area (Å²) < 4.78 is 0. The lowest BCUT2D eigenvalue weighted by Crippen LogP contribution is -2.61. The molecular weight excluding hydrogens is 935 g/mol. The number of primary amides is 2. The molecule has 0 unspecified atom stereocenters. The molecule has 386 valence electrons. The minimum absolute atomic E-state index is 0.00668. The Labute approximate surface area is 402 Å². The van der Waals surface area contributed by atoms with Crippen LogP contribution < -0.4 is 49.1 Å². The lowest BCUT2D eigenvalue weighted by molar-refractivity contribution is -0.146. The quantitative estimate of drug-likeness (QED) is 0.0327. The number of rotatable bonds is 28. The number of hydrogen-bond donors (Lipinski definition) is 13. The summed E-state index contributed by atoms with van der Waals surface area (Å²) in [5.74, 6) is -15.0. The Hall–Kier alpha value is -6.58. The summed E-state index contributed by atoms with van der Waals surface area (Å²) in [4.78, 5) is 169. The van der Waals surface area contributed by atoms with E-state index >= 15 is 0 Å². The minimum Gasteiger partial charge on any atom is -0.481 e. The second-order valence-electron chi connectivity index (χ2n) is 17.5. The van der Waals surface area contributed by atoms with Gasteiger partial charge in [-0.15, -0.1) is 0 Å². The van der Waals surface area contributed by atoms with Gasteiger partial charge in [0.1, 0.15) is 48.3 Å². The summed E-state index contributed by atoms with van der Waals surface area (Å²) >= 11 is 3.92. The third-order valence-corrected chi connectivity index (χ3v) is 11.5. The number of carboxylic acids is 3. The average Bonchev–Trinajstić information content (AvgIpc) is 3.95. The van der Waals surface area contributed by atoms with E-state index in [9.17, 15) is 77.6 Å². The molecule has 2 aliphatic rings. The monoisotopic (exact) mass is 999 g/mol. The van der Waals surface area contributed by atoms with Gasteiger partial charge < -0.3 is 74.2 Å². The molecular formula is C41H65N11O16S. The molecule has 15 N–H and O–H groups in total. The van der Waals surface area contributed by atoms with E-state index in [4.69, 9.17) is 17.2 Å². The van der Waals surface area contributed by atoms with Crippen LogP contribution in [0.3, 0.4) is 0 Å². The molecule has 27 nitrogen and oxygen atoms in total. The molecule has 2 fully saturated rings. The molecule has 2 rings (SSSR count). The number of thiol groups is 1. The van der Waals surface area contributed by atoms with Crippen LogP contribution in [0.25, 0.3) is 0 Å². The molecule has 10 amide bonds. The Morgan fingerprint density at radius 3 is 1.46 bits per heavy atom. The summed E-state index contributed by atoms with van der Waals surface area (Å²) in [6.07, 6.45) is -2.79. The van der Waals surface area contributed by atoms with E-state index in [1.807, 2.05) is 5.32 Å². The number of nitrogens with one attached hydrogen (secondary N) is 6. The summed E-state index contributed by atoms with van der Waals surface area (Å²) in [6, 6.07) is -13.2. The molecule has 0 aromatic rings. The van der Waals surface area contributed by atoms with E-state index in [1.54, 1.807) is 27.7 Å². The van der Waals surface area contributed by atoms with E-state index < -0.39 is 163 Å². The van der Waals surface area contributed by atoms with E-state index in [0.29, 0.717) is 0 Å². The average molecular weight is 1000 g/mol. The van der Waals surface area contributed by atoms with Crippen LogP contribution in [0.2, 0.25) is 0 Å². The van der Waals surface area contributed by atoms with Gasteiger partial charge in [-0.05, 0) is 50.4 Å². The van der Waals surface area contributed by atoms with Crippen LogP contribution in [-0.2, 0) is 62.3 Å². The zero-order valence-corrected chi connectivity index (χ0v) is 39.7. The third-order valence-electron chi connectivity index (χ3n) is 11.1. The number of carbonyl (C=O) groups excluding carboxylic acids is 10. The van der Waals surface area contributed by atoms with E-state index in [0.717, 1.165) is 9.80 Å². The highest BCUT2D eigenvalue weighted by molar-refractivity contribution is 7.80. The summed E-state index contributed by atoms with van der Waals surface area (Å²) in [6.45, 7) is 6.71. The topological polar surface area (TPSA) is 439 Å². The number of nitrogens with two attached hydrogens (primary N) is 3. The zero-order valence-electron chi connectivity index (χ0n) is 38.8. The Balaban J connectivity index is 2.32. The van der Waals surface area contributed by atoms with Gasteiger partial charge in [0.25, 0.3) is 0 Å². The summed E-state index contributed by atoms with van der Waals surface area (Å²) in [5, 5.41) is 42.4. The first-order valence-electron chi connectivity index (χ1n) is 22.2. The molecule has 9 atom stereocenters. The van der Waals surface area contributed by atoms with Gasteiger partial charge >= 0.3 is 17.9 Å². The van der Waals surface area contributed by atoms with Crippen LogP contribution in [0.4, 0.5) is 0 Å². The van der Waals surface area contributed by atoms with Crippen LogP contribution in [-0.4, -0.2) is 175 Å². The van der Waals surface area contributed by atoms with Crippen molar-refractivity contribution in [1.29, 1.82) is 0 Å². The van der Waals surface area contributed by atoms with Crippen LogP contribution in [0, 0.1) is 11.8 Å². The number of carboxylic acid groups (broad SMARTS) is 3. The molecule has 0 aromatic carbocycles. The number of aliphatic carboxylic acids is 3. The number of amides is 10. The zero-order chi connectivity index (χ0) is 52.4. The Morgan fingerprint density at radius 1 is 0.580 bits per heavy atom. The van der Waals surface area contributed by atoms with Crippen molar-refractivity contribution in [3.8, 4) is 0 Å². The van der Waals surface area contributed by atoms with Gasteiger partial charge in [-0.25, -0.2) is 4.79 Å². The normalized spacial score (nSPS) is 18.6. The molecule has 69 heavy (non-hydrogen) atoms. The van der Waals surface area contributed by atoms with E-state index in [2.05, 4.69) is 39.2 Å². The molecule has 0 spiro atoms. The van der Waals surface area contributed by atoms with Crippen LogP contribution in [0.1, 0.15) is 91.9 Å². The van der Waals surface area contributed by atoms with Crippen molar-refractivity contribution < 1.29 is 77.6 Å². The molecule has 2 heterocycles. The standard InChI is InChI=1S/C41H65N11O16S/c1-18(2)13-24(40(66)52-12-5-7-26(52)36(62)47-23(16-31(57)58)35(61)49-25(41(67)68)14-29(44)54)48-38(64)32(19(3)4)50-37(63)27-8-6-11-51(27)39(65)21(9-10-28(43)53)45-34(60)22(15-30(55)56)46-33(59)20(42)17-69/h18-27,32,69H,5-17,42H2,1-4H3,(H2,43,53)(H2,44,54)(H,45,60)(H,46,59)(H,47,62)(H,48,64)(H,49,61)(H,50,63)(H,55,56)(H,57,58)(H,67,68)/t20-,21-,22-,23-,24-,25-,26-,27-,32-/m0/s1. The van der Waals surface area contributed by atoms with Crippen LogP contribution >= 0.6 is 12.6 Å². The molecule has 2 saturated heterocycles. The maximum atomic E-state index is 14.2. The first-order valence-corrected chi connectivity index (χ1v) is 22.8. The predicted molar refractivity (Wildman–Crippen MR) is 242 cm³/mol. The third kappa shape index (κ3) is 18.4. The van der Waals surface area contributed by atoms with Gasteiger partial charge in [0.05, 0.1) is 25.3 Å². The van der Waals surface area contributed by atoms with Gasteiger partial charge in [-0.2, -0.15) is 12.6 Å². The van der Waals surface area contributed by atoms with Gasteiger partial charge in [-0.1, -0.05) is 27.7 Å². The Morgan fingerprint density at radius 2 is 1.03 bits per heavy atom. The largest absolute Gasteiger partial charge is 0.481 e. The van der Waals surface area contributed by atoms with Crippen molar-refractivity contribution >= 4 is 89.6 Å². The van der Waals surface area contributed by atoms with E-state index in [1.165, 1.54) is 0 Å². The second kappa shape index (κ2) is 27.4. The molecule has 0 aromatic heterocycles. The molecule has 0 radical (unpaired) electrons. The van der Waals surface area contributed by atoms with Crippen LogP contribution in [0.5, 0.6) is 0 Å². The molecule has 28 heteroatoms. The van der Waals surface area contributed by atoms with E-state index in [-0.39, 0.29) is 63.3 Å². The van der Waals surface area contributed by atoms with Crippen molar-refractivity contribution in [2.45, 2.75) is 146 Å². The number of hydrogen-bond acceptors (Lipinski definition) is 15. The number of carbonyl (C=O) groups is 13. The first-order chi connectivity index (χ1) is 32.2. The van der Waals surface area contributed by atoms with Gasteiger partial charge in [0, 0.05) is 25.3 Å². The lowest BCUT2D eigenvalue weighted by atomic mass is 9.98. The fraction of sp³-hybridized carbons (Fsp3) is 0.683. The van der Waals surface area contributed by atoms with Crippen molar-refractivity contribution in [3.05, 3.63) is 0 Å². The smallest absolute Gasteiger partial charge is 0.326 e. The number of nitrogens with zero attached hydrogens (tertiary/aromatic N) is 2. The van der Waals surface area contributed by atoms with Crippen molar-refractivity contribution in [3.63, 3.8) is 0 Å². The highest BCUT2D eigenvalue weighted by Crippen LogP contribution is 2.23. The molecule has 0 saturated carbocycles.